The van der Waals surface area contributed by atoms with Crippen molar-refractivity contribution in [1.82, 2.24) is 10.2 Å². The van der Waals surface area contributed by atoms with Gasteiger partial charge in [-0.3, -0.25) is 5.10 Å². The molecule has 0 spiro atoms. The summed E-state index contributed by atoms with van der Waals surface area (Å²) in [5.74, 6) is 0.210. The topological polar surface area (TPSA) is 84.4 Å². The van der Waals surface area contributed by atoms with Crippen LogP contribution in [0.3, 0.4) is 0 Å². The van der Waals surface area contributed by atoms with E-state index in [4.69, 9.17) is 14.6 Å². The maximum absolute atomic E-state index is 10.8. The zero-order chi connectivity index (χ0) is 12.5. The Morgan fingerprint density at radius 3 is 2.94 bits per heavy atom. The molecule has 2 N–H and O–H groups in total. The normalized spacial score (nSPS) is 13.3. The van der Waals surface area contributed by atoms with Gasteiger partial charge >= 0.3 is 5.97 Å². The number of ether oxygens (including phenoxy) is 2. The van der Waals surface area contributed by atoms with Crippen molar-refractivity contribution in [3.05, 3.63) is 30.0 Å². The minimum Gasteiger partial charge on any atom is -0.486 e. The number of aromatic amines is 1. The van der Waals surface area contributed by atoms with E-state index in [2.05, 4.69) is 10.2 Å². The standard InChI is InChI=1S/C12H10N2O4/c15-12(16)9-6-8(13-14-9)7-2-1-3-10-11(7)18-5-4-17-10/h1-3,6H,4-5H2,(H,13,14)(H,15,16). The Labute approximate surface area is 102 Å². The number of hydrogen-bond acceptors (Lipinski definition) is 4. The van der Waals surface area contributed by atoms with Crippen molar-refractivity contribution in [3.8, 4) is 22.8 Å². The third-order valence-electron chi connectivity index (χ3n) is 2.65. The second-order valence-electron chi connectivity index (χ2n) is 3.80. The van der Waals surface area contributed by atoms with Crippen LogP contribution < -0.4 is 9.47 Å². The quantitative estimate of drug-likeness (QED) is 0.839. The van der Waals surface area contributed by atoms with Gasteiger partial charge in [0.15, 0.2) is 11.5 Å². The molecule has 1 aliphatic rings. The van der Waals surface area contributed by atoms with E-state index in [9.17, 15) is 4.79 Å². The molecule has 1 aromatic carbocycles. The van der Waals surface area contributed by atoms with Gasteiger partial charge in [0, 0.05) is 5.56 Å². The number of nitrogens with one attached hydrogen (secondary N) is 1. The number of H-pyrrole nitrogens is 1. The van der Waals surface area contributed by atoms with Crippen molar-refractivity contribution < 1.29 is 19.4 Å². The summed E-state index contributed by atoms with van der Waals surface area (Å²) in [4.78, 5) is 10.8. The van der Waals surface area contributed by atoms with Crippen molar-refractivity contribution in [1.29, 1.82) is 0 Å². The summed E-state index contributed by atoms with van der Waals surface area (Å²) < 4.78 is 11.0. The number of nitrogens with zero attached hydrogens (tertiary/aromatic N) is 1. The van der Waals surface area contributed by atoms with Crippen LogP contribution in [0.4, 0.5) is 0 Å². The molecule has 0 saturated carbocycles. The summed E-state index contributed by atoms with van der Waals surface area (Å²) in [5, 5.41) is 15.3. The maximum Gasteiger partial charge on any atom is 0.353 e. The SMILES string of the molecule is O=C(O)c1cc(-c2cccc3c2OCCO3)n[nH]1. The molecule has 3 rings (SSSR count). The number of hydrogen-bond donors (Lipinski definition) is 2. The van der Waals surface area contributed by atoms with Crippen molar-refractivity contribution >= 4 is 5.97 Å². The highest BCUT2D eigenvalue weighted by atomic mass is 16.6. The molecule has 0 fully saturated rings. The van der Waals surface area contributed by atoms with Crippen molar-refractivity contribution in [3.63, 3.8) is 0 Å². The molecule has 0 radical (unpaired) electrons. The second kappa shape index (κ2) is 4.06. The van der Waals surface area contributed by atoms with Gasteiger partial charge < -0.3 is 14.6 Å². The first kappa shape index (κ1) is 10.6. The molecule has 18 heavy (non-hydrogen) atoms. The van der Waals surface area contributed by atoms with E-state index < -0.39 is 5.97 Å². The lowest BCUT2D eigenvalue weighted by molar-refractivity contribution is 0.0690. The van der Waals surface area contributed by atoms with E-state index >= 15 is 0 Å². The molecule has 0 aliphatic carbocycles. The lowest BCUT2D eigenvalue weighted by Crippen LogP contribution is -2.15. The highest BCUT2D eigenvalue weighted by Gasteiger charge is 2.19. The summed E-state index contributed by atoms with van der Waals surface area (Å²) >= 11 is 0. The molecule has 92 valence electrons. The minimum atomic E-state index is -1.05. The molecular formula is C12H10N2O4. The largest absolute Gasteiger partial charge is 0.486 e. The fourth-order valence-corrected chi connectivity index (χ4v) is 1.84. The van der Waals surface area contributed by atoms with Gasteiger partial charge in [-0.25, -0.2) is 4.79 Å². The van der Waals surface area contributed by atoms with Gasteiger partial charge in [0.2, 0.25) is 0 Å². The predicted octanol–water partition coefficient (Wildman–Crippen LogP) is 1.55. The van der Waals surface area contributed by atoms with Crippen LogP contribution in [0.15, 0.2) is 24.3 Å². The Morgan fingerprint density at radius 2 is 2.17 bits per heavy atom. The molecule has 1 aromatic heterocycles. The molecule has 0 unspecified atom stereocenters. The van der Waals surface area contributed by atoms with Crippen LogP contribution in [0.5, 0.6) is 11.5 Å². The molecule has 1 aliphatic heterocycles. The van der Waals surface area contributed by atoms with Gasteiger partial charge in [-0.05, 0) is 18.2 Å². The number of aromatic nitrogens is 2. The van der Waals surface area contributed by atoms with E-state index in [1.54, 1.807) is 0 Å². The average Bonchev–Trinajstić information content (AvgIpc) is 2.87. The van der Waals surface area contributed by atoms with E-state index in [-0.39, 0.29) is 5.69 Å². The number of benzene rings is 1. The van der Waals surface area contributed by atoms with E-state index in [1.807, 2.05) is 18.2 Å². The van der Waals surface area contributed by atoms with Gasteiger partial charge in [-0.2, -0.15) is 5.10 Å². The number of aromatic carboxylic acids is 1. The molecule has 2 heterocycles. The van der Waals surface area contributed by atoms with Crippen LogP contribution in [-0.4, -0.2) is 34.5 Å². The highest BCUT2D eigenvalue weighted by molar-refractivity contribution is 5.87. The smallest absolute Gasteiger partial charge is 0.353 e. The maximum atomic E-state index is 10.8. The summed E-state index contributed by atoms with van der Waals surface area (Å²) in [6.07, 6.45) is 0. The number of carboxylic acids is 1. The second-order valence-corrected chi connectivity index (χ2v) is 3.80. The van der Waals surface area contributed by atoms with Crippen LogP contribution in [0.25, 0.3) is 11.3 Å². The Bertz CT molecular complexity index is 606. The first-order valence-corrected chi connectivity index (χ1v) is 5.43. The van der Waals surface area contributed by atoms with Gasteiger partial charge in [-0.1, -0.05) is 6.07 Å². The van der Waals surface area contributed by atoms with Gasteiger partial charge in [-0.15, -0.1) is 0 Å². The Hall–Kier alpha value is -2.50. The fourth-order valence-electron chi connectivity index (χ4n) is 1.84. The van der Waals surface area contributed by atoms with Gasteiger partial charge in [0.25, 0.3) is 0 Å². The fraction of sp³-hybridized carbons (Fsp3) is 0.167. The molecule has 0 bridgehead atoms. The third-order valence-corrected chi connectivity index (χ3v) is 2.65. The summed E-state index contributed by atoms with van der Waals surface area (Å²) in [5.41, 5.74) is 1.28. The van der Waals surface area contributed by atoms with Crippen LogP contribution in [0, 0.1) is 0 Å². The first-order valence-electron chi connectivity index (χ1n) is 5.43. The van der Waals surface area contributed by atoms with Crippen molar-refractivity contribution in [2.75, 3.05) is 13.2 Å². The average molecular weight is 246 g/mol. The highest BCUT2D eigenvalue weighted by Crippen LogP contribution is 2.39. The number of rotatable bonds is 2. The van der Waals surface area contributed by atoms with Crippen molar-refractivity contribution in [2.45, 2.75) is 0 Å². The zero-order valence-electron chi connectivity index (χ0n) is 9.34. The van der Waals surface area contributed by atoms with E-state index in [0.717, 1.165) is 5.56 Å². The summed E-state index contributed by atoms with van der Waals surface area (Å²) in [6, 6.07) is 6.91. The zero-order valence-corrected chi connectivity index (χ0v) is 9.34. The Kier molecular flexibility index (Phi) is 2.40. The number of carboxylic acid groups (broad SMARTS) is 1. The number of para-hydroxylation sites is 1. The van der Waals surface area contributed by atoms with Crippen LogP contribution >= 0.6 is 0 Å². The molecule has 0 saturated heterocycles. The van der Waals surface area contributed by atoms with Crippen LogP contribution in [0.1, 0.15) is 10.5 Å². The van der Waals surface area contributed by atoms with Gasteiger partial charge in [0.05, 0.1) is 5.69 Å². The third kappa shape index (κ3) is 1.67. The molecular weight excluding hydrogens is 236 g/mol. The molecule has 0 atom stereocenters. The molecule has 6 heteroatoms. The number of fused-ring (bicyclic) bond motifs is 1. The lowest BCUT2D eigenvalue weighted by atomic mass is 10.1. The molecule has 6 nitrogen and oxygen atoms in total. The Balaban J connectivity index is 2.08. The molecule has 0 amide bonds. The van der Waals surface area contributed by atoms with Crippen LogP contribution in [-0.2, 0) is 0 Å². The van der Waals surface area contributed by atoms with Crippen LogP contribution in [0.2, 0.25) is 0 Å². The van der Waals surface area contributed by atoms with Crippen molar-refractivity contribution in [2.24, 2.45) is 0 Å². The van der Waals surface area contributed by atoms with Gasteiger partial charge in [0.1, 0.15) is 18.9 Å². The summed E-state index contributed by atoms with van der Waals surface area (Å²) in [6.45, 7) is 0.984. The predicted molar refractivity (Wildman–Crippen MR) is 62.0 cm³/mol. The first-order chi connectivity index (χ1) is 8.75. The van der Waals surface area contributed by atoms with E-state index in [1.165, 1.54) is 6.07 Å². The minimum absolute atomic E-state index is 0.0410. The number of carbonyl (C=O) groups is 1. The lowest BCUT2D eigenvalue weighted by Gasteiger charge is -2.20. The van der Waals surface area contributed by atoms with E-state index in [0.29, 0.717) is 30.4 Å². The summed E-state index contributed by atoms with van der Waals surface area (Å²) in [7, 11) is 0. The monoisotopic (exact) mass is 246 g/mol. The Morgan fingerprint density at radius 1 is 1.33 bits per heavy atom. The molecule has 2 aromatic rings.